The van der Waals surface area contributed by atoms with E-state index in [2.05, 4.69) is 0 Å². The highest BCUT2D eigenvalue weighted by molar-refractivity contribution is 5.77. The molecule has 1 amide bonds. The molecule has 0 aliphatic heterocycles. The standard InChI is InChI=1S/C11H18F3NO2/c1-3-17-6-10(16)15(7-11(12,13)14)8(2)9-4-5-9/h8-9H,3-7H2,1-2H3. The van der Waals surface area contributed by atoms with Crippen molar-refractivity contribution in [2.45, 2.75) is 38.9 Å². The predicted molar refractivity (Wildman–Crippen MR) is 56.4 cm³/mol. The monoisotopic (exact) mass is 253 g/mol. The Morgan fingerprint density at radius 3 is 2.47 bits per heavy atom. The smallest absolute Gasteiger partial charge is 0.372 e. The summed E-state index contributed by atoms with van der Waals surface area (Å²) in [4.78, 5) is 12.6. The van der Waals surface area contributed by atoms with E-state index in [0.29, 0.717) is 6.61 Å². The fourth-order valence-electron chi connectivity index (χ4n) is 1.76. The zero-order valence-electron chi connectivity index (χ0n) is 10.1. The van der Waals surface area contributed by atoms with Crippen molar-refractivity contribution in [3.8, 4) is 0 Å². The summed E-state index contributed by atoms with van der Waals surface area (Å²) in [6, 6.07) is -0.357. The highest BCUT2D eigenvalue weighted by Crippen LogP contribution is 2.36. The second-order valence-corrected chi connectivity index (χ2v) is 4.35. The maximum atomic E-state index is 12.4. The van der Waals surface area contributed by atoms with Crippen LogP contribution < -0.4 is 0 Å². The van der Waals surface area contributed by atoms with Crippen LogP contribution in [-0.2, 0) is 9.53 Å². The number of hydrogen-bond acceptors (Lipinski definition) is 2. The first-order chi connectivity index (χ1) is 7.85. The molecule has 0 spiro atoms. The maximum absolute atomic E-state index is 12.4. The molecule has 1 unspecified atom stereocenters. The van der Waals surface area contributed by atoms with Crippen LogP contribution in [-0.4, -0.2) is 42.8 Å². The Kier molecular flexibility index (Phi) is 4.80. The lowest BCUT2D eigenvalue weighted by Gasteiger charge is -2.30. The quantitative estimate of drug-likeness (QED) is 0.726. The van der Waals surface area contributed by atoms with Gasteiger partial charge < -0.3 is 9.64 Å². The van der Waals surface area contributed by atoms with Crippen LogP contribution >= 0.6 is 0 Å². The van der Waals surface area contributed by atoms with E-state index < -0.39 is 18.6 Å². The predicted octanol–water partition coefficient (Wildman–Crippen LogP) is 2.21. The van der Waals surface area contributed by atoms with Crippen molar-refractivity contribution in [3.63, 3.8) is 0 Å². The highest BCUT2D eigenvalue weighted by atomic mass is 19.4. The number of carbonyl (C=O) groups is 1. The average Bonchev–Trinajstić information content (AvgIpc) is 3.03. The van der Waals surface area contributed by atoms with Crippen LogP contribution in [0.1, 0.15) is 26.7 Å². The molecule has 0 aromatic rings. The first-order valence-electron chi connectivity index (χ1n) is 5.79. The van der Waals surface area contributed by atoms with Crippen LogP contribution in [0.3, 0.4) is 0 Å². The van der Waals surface area contributed by atoms with Gasteiger partial charge in [0.15, 0.2) is 0 Å². The number of alkyl halides is 3. The summed E-state index contributed by atoms with van der Waals surface area (Å²) < 4.78 is 42.1. The minimum absolute atomic E-state index is 0.211. The fraction of sp³-hybridized carbons (Fsp3) is 0.909. The molecule has 1 aliphatic rings. The Balaban J connectivity index is 2.60. The van der Waals surface area contributed by atoms with Gasteiger partial charge in [-0.3, -0.25) is 4.79 Å². The summed E-state index contributed by atoms with van der Waals surface area (Å²) >= 11 is 0. The Morgan fingerprint density at radius 1 is 1.47 bits per heavy atom. The minimum Gasteiger partial charge on any atom is -0.372 e. The molecular weight excluding hydrogens is 235 g/mol. The molecule has 1 aliphatic carbocycles. The van der Waals surface area contributed by atoms with Crippen molar-refractivity contribution < 1.29 is 22.7 Å². The van der Waals surface area contributed by atoms with E-state index >= 15 is 0 Å². The average molecular weight is 253 g/mol. The second kappa shape index (κ2) is 5.71. The van der Waals surface area contributed by atoms with E-state index in [1.807, 2.05) is 0 Å². The molecule has 6 heteroatoms. The van der Waals surface area contributed by atoms with Crippen molar-refractivity contribution in [1.29, 1.82) is 0 Å². The van der Waals surface area contributed by atoms with E-state index in [9.17, 15) is 18.0 Å². The molecule has 17 heavy (non-hydrogen) atoms. The first kappa shape index (κ1) is 14.3. The molecule has 0 bridgehead atoms. The summed E-state index contributed by atoms with van der Waals surface area (Å²) in [5.74, 6) is -0.369. The number of amides is 1. The molecule has 0 aromatic heterocycles. The largest absolute Gasteiger partial charge is 0.406 e. The van der Waals surface area contributed by atoms with Gasteiger partial charge in [0.1, 0.15) is 13.2 Å². The number of rotatable bonds is 6. The zero-order valence-corrected chi connectivity index (χ0v) is 10.1. The summed E-state index contributed by atoms with van der Waals surface area (Å²) in [7, 11) is 0. The maximum Gasteiger partial charge on any atom is 0.406 e. The Morgan fingerprint density at radius 2 is 2.06 bits per heavy atom. The van der Waals surface area contributed by atoms with E-state index in [-0.39, 0.29) is 18.6 Å². The van der Waals surface area contributed by atoms with Gasteiger partial charge >= 0.3 is 6.18 Å². The molecule has 0 aromatic carbocycles. The SMILES string of the molecule is CCOCC(=O)N(CC(F)(F)F)C(C)C1CC1. The number of ether oxygens (including phenoxy) is 1. The van der Waals surface area contributed by atoms with Crippen LogP contribution in [0.25, 0.3) is 0 Å². The number of halogens is 3. The normalized spacial score (nSPS) is 17.9. The summed E-state index contributed by atoms with van der Waals surface area (Å²) in [6.07, 6.45) is -2.56. The Bertz CT molecular complexity index is 264. The van der Waals surface area contributed by atoms with E-state index in [0.717, 1.165) is 17.7 Å². The molecule has 1 atom stereocenters. The highest BCUT2D eigenvalue weighted by Gasteiger charge is 2.40. The Labute approximate surface area is 98.9 Å². The molecule has 3 nitrogen and oxygen atoms in total. The van der Waals surface area contributed by atoms with Gasteiger partial charge in [-0.05, 0) is 32.6 Å². The van der Waals surface area contributed by atoms with Crippen LogP contribution in [0.15, 0.2) is 0 Å². The van der Waals surface area contributed by atoms with Crippen LogP contribution in [0.5, 0.6) is 0 Å². The van der Waals surface area contributed by atoms with Crippen molar-refractivity contribution >= 4 is 5.91 Å². The lowest BCUT2D eigenvalue weighted by Crippen LogP contribution is -2.47. The van der Waals surface area contributed by atoms with Gasteiger partial charge in [-0.2, -0.15) is 13.2 Å². The topological polar surface area (TPSA) is 29.5 Å². The third-order valence-electron chi connectivity index (χ3n) is 2.90. The summed E-state index contributed by atoms with van der Waals surface area (Å²) in [5.41, 5.74) is 0. The minimum atomic E-state index is -4.36. The molecule has 1 fully saturated rings. The van der Waals surface area contributed by atoms with Crippen molar-refractivity contribution in [2.24, 2.45) is 5.92 Å². The third kappa shape index (κ3) is 4.93. The third-order valence-corrected chi connectivity index (χ3v) is 2.90. The van der Waals surface area contributed by atoms with Gasteiger partial charge in [0.05, 0.1) is 0 Å². The molecule has 0 heterocycles. The summed E-state index contributed by atoms with van der Waals surface area (Å²) in [5, 5.41) is 0. The number of carbonyl (C=O) groups excluding carboxylic acids is 1. The van der Waals surface area contributed by atoms with E-state index in [1.165, 1.54) is 0 Å². The van der Waals surface area contributed by atoms with Crippen LogP contribution in [0, 0.1) is 5.92 Å². The second-order valence-electron chi connectivity index (χ2n) is 4.35. The molecule has 1 rings (SSSR count). The van der Waals surface area contributed by atoms with Crippen LogP contribution in [0.4, 0.5) is 13.2 Å². The lowest BCUT2D eigenvalue weighted by molar-refractivity contribution is -0.168. The van der Waals surface area contributed by atoms with E-state index in [4.69, 9.17) is 4.74 Å². The number of nitrogens with zero attached hydrogens (tertiary/aromatic N) is 1. The van der Waals surface area contributed by atoms with Crippen LogP contribution in [0.2, 0.25) is 0 Å². The Hall–Kier alpha value is -0.780. The lowest BCUT2D eigenvalue weighted by atomic mass is 10.2. The van der Waals surface area contributed by atoms with Gasteiger partial charge in [-0.1, -0.05) is 0 Å². The molecule has 100 valence electrons. The van der Waals surface area contributed by atoms with Gasteiger partial charge in [0.2, 0.25) is 5.91 Å². The molecule has 0 N–H and O–H groups in total. The molecule has 0 saturated heterocycles. The molecule has 1 saturated carbocycles. The van der Waals surface area contributed by atoms with Gasteiger partial charge in [-0.25, -0.2) is 0 Å². The van der Waals surface area contributed by atoms with E-state index in [1.54, 1.807) is 13.8 Å². The van der Waals surface area contributed by atoms with Gasteiger partial charge in [0.25, 0.3) is 0 Å². The summed E-state index contributed by atoms with van der Waals surface area (Å²) in [6.45, 7) is 2.24. The molecular formula is C11H18F3NO2. The van der Waals surface area contributed by atoms with Crippen molar-refractivity contribution in [2.75, 3.05) is 19.8 Å². The van der Waals surface area contributed by atoms with Crippen molar-refractivity contribution in [3.05, 3.63) is 0 Å². The molecule has 0 radical (unpaired) electrons. The zero-order chi connectivity index (χ0) is 13.1. The van der Waals surface area contributed by atoms with Gasteiger partial charge in [0, 0.05) is 12.6 Å². The fourth-order valence-corrected chi connectivity index (χ4v) is 1.76. The first-order valence-corrected chi connectivity index (χ1v) is 5.79. The van der Waals surface area contributed by atoms with Crippen molar-refractivity contribution in [1.82, 2.24) is 4.90 Å². The van der Waals surface area contributed by atoms with Gasteiger partial charge in [-0.15, -0.1) is 0 Å². The number of hydrogen-bond donors (Lipinski definition) is 0.